The van der Waals surface area contributed by atoms with Crippen LogP contribution in [0.4, 0.5) is 0 Å². The molecule has 0 amide bonds. The van der Waals surface area contributed by atoms with Gasteiger partial charge in [0.2, 0.25) is 0 Å². The maximum atomic E-state index is 5.31. The molecule has 0 N–H and O–H groups in total. The molecule has 1 aromatic rings. The minimum Gasteiger partial charge on any atom is -0.493 e. The van der Waals surface area contributed by atoms with Crippen LogP contribution in [0.5, 0.6) is 5.75 Å². The van der Waals surface area contributed by atoms with E-state index in [0.717, 1.165) is 5.75 Å². The van der Waals surface area contributed by atoms with Crippen molar-refractivity contribution in [3.8, 4) is 5.75 Å². The van der Waals surface area contributed by atoms with Gasteiger partial charge < -0.3 is 9.47 Å². The van der Waals surface area contributed by atoms with Crippen molar-refractivity contribution in [1.29, 1.82) is 0 Å². The van der Waals surface area contributed by atoms with Crippen molar-refractivity contribution >= 4 is 0 Å². The van der Waals surface area contributed by atoms with E-state index in [1.165, 1.54) is 5.56 Å². The van der Waals surface area contributed by atoms with Crippen molar-refractivity contribution in [2.45, 2.75) is 26.2 Å². The quantitative estimate of drug-likeness (QED) is 0.381. The predicted octanol–water partition coefficient (Wildman–Crippen LogP) is -0.229. The molecule has 0 spiro atoms. The standard InChI is InChI=1S/C12H17O2.Li/c1-12(2,3)10-6-5-7-11(8-10)14-9-13-4;/h5-6,8H,9H2,1-4H3;/q-1;+1. The van der Waals surface area contributed by atoms with Gasteiger partial charge in [-0.25, -0.2) is 0 Å². The van der Waals surface area contributed by atoms with E-state index in [4.69, 9.17) is 9.47 Å². The first-order valence-corrected chi connectivity index (χ1v) is 4.68. The van der Waals surface area contributed by atoms with E-state index >= 15 is 0 Å². The van der Waals surface area contributed by atoms with Crippen molar-refractivity contribution in [1.82, 2.24) is 0 Å². The average Bonchev–Trinajstić information content (AvgIpc) is 2.14. The van der Waals surface area contributed by atoms with E-state index in [2.05, 4.69) is 32.9 Å². The summed E-state index contributed by atoms with van der Waals surface area (Å²) in [5.41, 5.74) is 1.38. The Kier molecular flexibility index (Phi) is 6.05. The monoisotopic (exact) mass is 200 g/mol. The third-order valence-corrected chi connectivity index (χ3v) is 1.97. The van der Waals surface area contributed by atoms with Gasteiger partial charge in [-0.05, 0) is 5.41 Å². The minimum absolute atomic E-state index is 0. The Hall–Kier alpha value is -0.423. The first-order valence-electron chi connectivity index (χ1n) is 4.68. The number of hydrogen-bond acceptors (Lipinski definition) is 2. The summed E-state index contributed by atoms with van der Waals surface area (Å²) in [6.07, 6.45) is 0. The molecule has 0 saturated carbocycles. The molecule has 0 aromatic heterocycles. The van der Waals surface area contributed by atoms with Crippen LogP contribution in [0.2, 0.25) is 0 Å². The maximum Gasteiger partial charge on any atom is 1.00 e. The van der Waals surface area contributed by atoms with Crippen LogP contribution in [0.25, 0.3) is 0 Å². The number of methoxy groups -OCH3 is 1. The van der Waals surface area contributed by atoms with E-state index in [1.54, 1.807) is 7.11 Å². The Morgan fingerprint density at radius 1 is 1.33 bits per heavy atom. The fourth-order valence-electron chi connectivity index (χ4n) is 1.12. The van der Waals surface area contributed by atoms with Crippen LogP contribution in [-0.4, -0.2) is 13.9 Å². The normalized spacial score (nSPS) is 10.7. The van der Waals surface area contributed by atoms with Gasteiger partial charge in [-0.2, -0.15) is 12.1 Å². The molecular formula is C12H17LiO2. The molecule has 2 nitrogen and oxygen atoms in total. The Morgan fingerprint density at radius 2 is 2.00 bits per heavy atom. The molecular weight excluding hydrogens is 183 g/mol. The molecule has 0 saturated heterocycles. The molecule has 0 aliphatic carbocycles. The Bertz CT molecular complexity index is 292. The molecule has 3 heteroatoms. The second-order valence-electron chi connectivity index (χ2n) is 4.24. The van der Waals surface area contributed by atoms with Crippen LogP contribution in [-0.2, 0) is 10.2 Å². The van der Waals surface area contributed by atoms with Crippen molar-refractivity contribution in [2.24, 2.45) is 0 Å². The Balaban J connectivity index is 0.00000196. The molecule has 0 bridgehead atoms. The summed E-state index contributed by atoms with van der Waals surface area (Å²) < 4.78 is 10.1. The fourth-order valence-corrected chi connectivity index (χ4v) is 1.12. The number of benzene rings is 1. The van der Waals surface area contributed by atoms with Crippen molar-refractivity contribution in [3.63, 3.8) is 0 Å². The molecule has 0 heterocycles. The van der Waals surface area contributed by atoms with Crippen LogP contribution < -0.4 is 23.6 Å². The molecule has 0 fully saturated rings. The van der Waals surface area contributed by atoms with E-state index in [9.17, 15) is 0 Å². The summed E-state index contributed by atoms with van der Waals surface area (Å²) >= 11 is 0. The smallest absolute Gasteiger partial charge is 0.493 e. The van der Waals surface area contributed by atoms with Gasteiger partial charge in [0, 0.05) is 12.9 Å². The summed E-state index contributed by atoms with van der Waals surface area (Å²) in [4.78, 5) is 0. The topological polar surface area (TPSA) is 18.5 Å². The Labute approximate surface area is 104 Å². The molecule has 0 aliphatic heterocycles. The zero-order valence-corrected chi connectivity index (χ0v) is 10.3. The summed E-state index contributed by atoms with van der Waals surface area (Å²) in [5.74, 6) is 0.735. The predicted molar refractivity (Wildman–Crippen MR) is 56.5 cm³/mol. The Morgan fingerprint density at radius 3 is 2.53 bits per heavy atom. The third kappa shape index (κ3) is 4.75. The van der Waals surface area contributed by atoms with Crippen molar-refractivity contribution in [2.75, 3.05) is 13.9 Å². The molecule has 0 atom stereocenters. The van der Waals surface area contributed by atoms with E-state index < -0.39 is 0 Å². The third-order valence-electron chi connectivity index (χ3n) is 1.97. The number of rotatable bonds is 3. The van der Waals surface area contributed by atoms with Gasteiger partial charge in [0.25, 0.3) is 0 Å². The first kappa shape index (κ1) is 14.6. The summed E-state index contributed by atoms with van der Waals surface area (Å²) in [6, 6.07) is 8.95. The van der Waals surface area contributed by atoms with Gasteiger partial charge in [0.1, 0.15) is 0 Å². The average molecular weight is 200 g/mol. The second-order valence-corrected chi connectivity index (χ2v) is 4.24. The van der Waals surface area contributed by atoms with Gasteiger partial charge in [-0.15, -0.1) is 17.7 Å². The van der Waals surface area contributed by atoms with Crippen LogP contribution in [0, 0.1) is 6.07 Å². The largest absolute Gasteiger partial charge is 1.00 e. The van der Waals surface area contributed by atoms with Gasteiger partial charge in [0.05, 0.1) is 0 Å². The van der Waals surface area contributed by atoms with E-state index in [0.29, 0.717) is 0 Å². The molecule has 0 radical (unpaired) electrons. The van der Waals surface area contributed by atoms with Crippen LogP contribution in [0.1, 0.15) is 26.3 Å². The zero-order valence-electron chi connectivity index (χ0n) is 10.3. The molecule has 0 aliphatic rings. The van der Waals surface area contributed by atoms with Crippen LogP contribution in [0.15, 0.2) is 18.2 Å². The molecule has 1 aromatic carbocycles. The van der Waals surface area contributed by atoms with Gasteiger partial charge in [-0.3, -0.25) is 0 Å². The second kappa shape index (κ2) is 6.22. The molecule has 0 unspecified atom stereocenters. The molecule has 15 heavy (non-hydrogen) atoms. The van der Waals surface area contributed by atoms with Gasteiger partial charge >= 0.3 is 18.9 Å². The SMILES string of the molecule is COCOc1[c-]ccc(C(C)(C)C)c1.[Li+]. The van der Waals surface area contributed by atoms with Gasteiger partial charge in [-0.1, -0.05) is 20.8 Å². The maximum absolute atomic E-state index is 5.31. The number of ether oxygens (including phenoxy) is 2. The molecule has 1 rings (SSSR count). The van der Waals surface area contributed by atoms with E-state index in [1.807, 2.05) is 12.1 Å². The van der Waals surface area contributed by atoms with Crippen molar-refractivity contribution < 1.29 is 28.3 Å². The molecule has 78 valence electrons. The summed E-state index contributed by atoms with van der Waals surface area (Å²) in [6.45, 7) is 6.78. The fraction of sp³-hybridized carbons (Fsp3) is 0.500. The van der Waals surface area contributed by atoms with E-state index in [-0.39, 0.29) is 31.1 Å². The first-order chi connectivity index (χ1) is 6.54. The zero-order chi connectivity index (χ0) is 10.6. The number of hydrogen-bond donors (Lipinski definition) is 0. The summed E-state index contributed by atoms with van der Waals surface area (Å²) in [5, 5.41) is 0. The minimum atomic E-state index is 0. The van der Waals surface area contributed by atoms with Crippen LogP contribution >= 0.6 is 0 Å². The van der Waals surface area contributed by atoms with Gasteiger partial charge in [0.15, 0.2) is 6.79 Å². The van der Waals surface area contributed by atoms with Crippen LogP contribution in [0.3, 0.4) is 0 Å². The summed E-state index contributed by atoms with van der Waals surface area (Å²) in [7, 11) is 1.60. The van der Waals surface area contributed by atoms with Crippen molar-refractivity contribution in [3.05, 3.63) is 29.8 Å².